The molecule has 1 aliphatic heterocycles. The molecule has 3 rings (SSSR count). The van der Waals surface area contributed by atoms with Crippen LogP contribution in [0.2, 0.25) is 0 Å². The fourth-order valence-electron chi connectivity index (χ4n) is 2.26. The predicted molar refractivity (Wildman–Crippen MR) is 83.3 cm³/mol. The number of nitrogens with zero attached hydrogens (tertiary/aromatic N) is 2. The van der Waals surface area contributed by atoms with Gasteiger partial charge in [0, 0.05) is 41.8 Å². The first-order valence-corrected chi connectivity index (χ1v) is 8.09. The lowest BCUT2D eigenvalue weighted by molar-refractivity contribution is 0.233. The molecular formula is C14H18N2OS2. The van der Waals surface area contributed by atoms with Gasteiger partial charge in [0.25, 0.3) is 0 Å². The minimum atomic E-state index is 0.979. The number of likely N-dealkylation sites (N-methyl/N-ethyl adjacent to an activating group) is 1. The van der Waals surface area contributed by atoms with E-state index in [0.29, 0.717) is 0 Å². The SMILES string of the molecule is COc1cccc2c(SN3CCN(C)CC3)csc12. The van der Waals surface area contributed by atoms with Crippen LogP contribution in [0.5, 0.6) is 5.75 Å². The van der Waals surface area contributed by atoms with Crippen LogP contribution in [0.4, 0.5) is 0 Å². The normalized spacial score (nSPS) is 18.0. The van der Waals surface area contributed by atoms with Crippen molar-refractivity contribution in [3.63, 3.8) is 0 Å². The molecule has 19 heavy (non-hydrogen) atoms. The lowest BCUT2D eigenvalue weighted by atomic mass is 10.2. The molecule has 1 aliphatic rings. The summed E-state index contributed by atoms with van der Waals surface area (Å²) in [5, 5.41) is 3.56. The smallest absolute Gasteiger partial charge is 0.136 e. The van der Waals surface area contributed by atoms with Crippen LogP contribution in [0.3, 0.4) is 0 Å². The van der Waals surface area contributed by atoms with Gasteiger partial charge in [-0.3, -0.25) is 0 Å². The summed E-state index contributed by atoms with van der Waals surface area (Å²) in [5.74, 6) is 0.979. The highest BCUT2D eigenvalue weighted by atomic mass is 32.2. The number of thiophene rings is 1. The minimum Gasteiger partial charge on any atom is -0.495 e. The van der Waals surface area contributed by atoms with E-state index in [0.717, 1.165) is 31.9 Å². The number of ether oxygens (including phenoxy) is 1. The molecule has 0 radical (unpaired) electrons. The van der Waals surface area contributed by atoms with Crippen molar-refractivity contribution in [1.82, 2.24) is 9.21 Å². The topological polar surface area (TPSA) is 15.7 Å². The summed E-state index contributed by atoms with van der Waals surface area (Å²) in [7, 11) is 3.93. The average molecular weight is 294 g/mol. The molecule has 1 aromatic carbocycles. The quantitative estimate of drug-likeness (QED) is 0.808. The second kappa shape index (κ2) is 5.71. The van der Waals surface area contributed by atoms with Gasteiger partial charge >= 0.3 is 0 Å². The Hall–Kier alpha value is -0.750. The lowest BCUT2D eigenvalue weighted by Crippen LogP contribution is -2.40. The first kappa shape index (κ1) is 13.2. The van der Waals surface area contributed by atoms with E-state index < -0.39 is 0 Å². The van der Waals surface area contributed by atoms with Crippen molar-refractivity contribution in [1.29, 1.82) is 0 Å². The van der Waals surface area contributed by atoms with Crippen molar-refractivity contribution in [3.05, 3.63) is 23.6 Å². The van der Waals surface area contributed by atoms with Gasteiger partial charge in [0.05, 0.1) is 11.8 Å². The number of benzene rings is 1. The molecule has 5 heteroatoms. The molecule has 102 valence electrons. The standard InChI is InChI=1S/C14H18N2OS2/c1-15-6-8-16(9-7-15)19-13-10-18-14-11(13)4-3-5-12(14)17-2/h3-5,10H,6-9H2,1-2H3. The van der Waals surface area contributed by atoms with Crippen molar-refractivity contribution in [2.24, 2.45) is 0 Å². The Morgan fingerprint density at radius 1 is 1.21 bits per heavy atom. The number of hydrogen-bond acceptors (Lipinski definition) is 5. The van der Waals surface area contributed by atoms with Crippen LogP contribution >= 0.6 is 23.3 Å². The first-order chi connectivity index (χ1) is 9.28. The van der Waals surface area contributed by atoms with Crippen molar-refractivity contribution in [2.45, 2.75) is 4.90 Å². The maximum Gasteiger partial charge on any atom is 0.136 e. The summed E-state index contributed by atoms with van der Waals surface area (Å²) in [4.78, 5) is 3.73. The Bertz CT molecular complexity index is 562. The van der Waals surface area contributed by atoms with Crippen molar-refractivity contribution in [3.8, 4) is 5.75 Å². The number of methoxy groups -OCH3 is 1. The summed E-state index contributed by atoms with van der Waals surface area (Å²) >= 11 is 3.65. The van der Waals surface area contributed by atoms with E-state index in [1.165, 1.54) is 15.0 Å². The van der Waals surface area contributed by atoms with Gasteiger partial charge in [-0.05, 0) is 25.1 Å². The average Bonchev–Trinajstić information content (AvgIpc) is 2.84. The van der Waals surface area contributed by atoms with Gasteiger partial charge in [-0.1, -0.05) is 12.1 Å². The van der Waals surface area contributed by atoms with Gasteiger partial charge in [-0.15, -0.1) is 11.3 Å². The summed E-state index contributed by atoms with van der Waals surface area (Å²) in [5.41, 5.74) is 0. The maximum absolute atomic E-state index is 5.43. The molecule has 0 bridgehead atoms. The summed E-state index contributed by atoms with van der Waals surface area (Å²) in [6, 6.07) is 6.29. The van der Waals surface area contributed by atoms with Crippen LogP contribution in [0, 0.1) is 0 Å². The van der Waals surface area contributed by atoms with Crippen LogP contribution in [0.1, 0.15) is 0 Å². The zero-order valence-corrected chi connectivity index (χ0v) is 12.9. The summed E-state index contributed by atoms with van der Waals surface area (Å²) in [6.07, 6.45) is 0. The molecule has 0 unspecified atom stereocenters. The highest BCUT2D eigenvalue weighted by Gasteiger charge is 2.17. The molecule has 0 spiro atoms. The molecular weight excluding hydrogens is 276 g/mol. The molecule has 0 saturated carbocycles. The van der Waals surface area contributed by atoms with Gasteiger partial charge in [0.15, 0.2) is 0 Å². The third-order valence-electron chi connectivity index (χ3n) is 3.44. The molecule has 1 aromatic heterocycles. The van der Waals surface area contributed by atoms with Crippen LogP contribution in [0.15, 0.2) is 28.5 Å². The molecule has 0 amide bonds. The largest absolute Gasteiger partial charge is 0.495 e. The van der Waals surface area contributed by atoms with Crippen molar-refractivity contribution < 1.29 is 4.74 Å². The van der Waals surface area contributed by atoms with E-state index in [4.69, 9.17) is 4.74 Å². The molecule has 0 N–H and O–H groups in total. The zero-order chi connectivity index (χ0) is 13.2. The van der Waals surface area contributed by atoms with E-state index in [1.807, 2.05) is 18.0 Å². The maximum atomic E-state index is 5.43. The zero-order valence-electron chi connectivity index (χ0n) is 11.3. The van der Waals surface area contributed by atoms with Gasteiger partial charge in [0.2, 0.25) is 0 Å². The van der Waals surface area contributed by atoms with Crippen molar-refractivity contribution >= 4 is 33.4 Å². The second-order valence-corrected chi connectivity index (χ2v) is 6.78. The van der Waals surface area contributed by atoms with E-state index in [9.17, 15) is 0 Å². The van der Waals surface area contributed by atoms with E-state index in [2.05, 4.69) is 33.8 Å². The number of hydrogen-bond donors (Lipinski definition) is 0. The van der Waals surface area contributed by atoms with E-state index in [1.54, 1.807) is 18.4 Å². The third-order valence-corrected chi connectivity index (χ3v) is 5.76. The summed E-state index contributed by atoms with van der Waals surface area (Å²) in [6.45, 7) is 4.56. The molecule has 0 atom stereocenters. The Labute approximate surface area is 122 Å². The molecule has 1 saturated heterocycles. The highest BCUT2D eigenvalue weighted by molar-refractivity contribution is 7.97. The van der Waals surface area contributed by atoms with Crippen molar-refractivity contribution in [2.75, 3.05) is 40.3 Å². The Balaban J connectivity index is 1.82. The lowest BCUT2D eigenvalue weighted by Gasteiger charge is -2.31. The van der Waals surface area contributed by atoms with Gasteiger partial charge < -0.3 is 9.64 Å². The van der Waals surface area contributed by atoms with Gasteiger partial charge in [0.1, 0.15) is 5.75 Å². The molecule has 0 aliphatic carbocycles. The van der Waals surface area contributed by atoms with Crippen LogP contribution in [-0.4, -0.2) is 49.5 Å². The van der Waals surface area contributed by atoms with Gasteiger partial charge in [-0.25, -0.2) is 4.31 Å². The molecule has 2 aromatic rings. The van der Waals surface area contributed by atoms with Crippen LogP contribution in [0.25, 0.3) is 10.1 Å². The molecule has 3 nitrogen and oxygen atoms in total. The minimum absolute atomic E-state index is 0.979. The van der Waals surface area contributed by atoms with Crippen LogP contribution in [-0.2, 0) is 0 Å². The fourth-order valence-corrected chi connectivity index (χ4v) is 4.46. The predicted octanol–water partition coefficient (Wildman–Crippen LogP) is 3.16. The highest BCUT2D eigenvalue weighted by Crippen LogP contribution is 2.39. The van der Waals surface area contributed by atoms with Crippen LogP contribution < -0.4 is 4.74 Å². The number of piperazine rings is 1. The fraction of sp³-hybridized carbons (Fsp3) is 0.429. The molecule has 1 fully saturated rings. The van der Waals surface area contributed by atoms with Gasteiger partial charge in [-0.2, -0.15) is 0 Å². The monoisotopic (exact) mass is 294 g/mol. The second-order valence-electron chi connectivity index (χ2n) is 4.76. The Kier molecular flexibility index (Phi) is 3.98. The third kappa shape index (κ3) is 2.74. The number of rotatable bonds is 3. The Morgan fingerprint density at radius 3 is 2.74 bits per heavy atom. The number of fused-ring (bicyclic) bond motifs is 1. The Morgan fingerprint density at radius 2 is 2.00 bits per heavy atom. The van der Waals surface area contributed by atoms with E-state index in [-0.39, 0.29) is 0 Å². The first-order valence-electron chi connectivity index (χ1n) is 6.43. The molecule has 2 heterocycles. The summed E-state index contributed by atoms with van der Waals surface area (Å²) < 4.78 is 9.14. The van der Waals surface area contributed by atoms with E-state index >= 15 is 0 Å².